The highest BCUT2D eigenvalue weighted by Gasteiger charge is 2.20. The van der Waals surface area contributed by atoms with E-state index in [1.165, 1.54) is 16.8 Å². The Hall–Kier alpha value is -1.58. The number of rotatable bonds is 4. The third-order valence-corrected chi connectivity index (χ3v) is 2.17. The zero-order chi connectivity index (χ0) is 11.4. The molecule has 15 heavy (non-hydrogen) atoms. The van der Waals surface area contributed by atoms with Gasteiger partial charge in [0.05, 0.1) is 0 Å². The summed E-state index contributed by atoms with van der Waals surface area (Å²) >= 11 is 0. The molecule has 1 heterocycles. The van der Waals surface area contributed by atoms with Gasteiger partial charge in [-0.1, -0.05) is 19.9 Å². The number of pyridine rings is 1. The summed E-state index contributed by atoms with van der Waals surface area (Å²) in [4.78, 5) is 22.5. The zero-order valence-electron chi connectivity index (χ0n) is 8.88. The van der Waals surface area contributed by atoms with Gasteiger partial charge in [-0.15, -0.1) is 0 Å². The lowest BCUT2D eigenvalue weighted by Gasteiger charge is -2.16. The second kappa shape index (κ2) is 4.77. The molecule has 0 aliphatic heterocycles. The monoisotopic (exact) mass is 209 g/mol. The minimum Gasteiger partial charge on any atom is -0.480 e. The van der Waals surface area contributed by atoms with Gasteiger partial charge >= 0.3 is 5.97 Å². The van der Waals surface area contributed by atoms with Crippen molar-refractivity contribution in [3.8, 4) is 0 Å². The Balaban J connectivity index is 3.05. The molecule has 0 radical (unpaired) electrons. The maximum absolute atomic E-state index is 11.4. The molecule has 0 saturated carbocycles. The van der Waals surface area contributed by atoms with Gasteiger partial charge in [0.1, 0.15) is 6.04 Å². The molecule has 82 valence electrons. The maximum Gasteiger partial charge on any atom is 0.326 e. The molecule has 4 heteroatoms. The highest BCUT2D eigenvalue weighted by atomic mass is 16.4. The number of carboxylic acid groups (broad SMARTS) is 1. The van der Waals surface area contributed by atoms with Crippen molar-refractivity contribution in [1.82, 2.24) is 4.57 Å². The van der Waals surface area contributed by atoms with Gasteiger partial charge < -0.3 is 9.67 Å². The van der Waals surface area contributed by atoms with E-state index in [0.717, 1.165) is 0 Å². The van der Waals surface area contributed by atoms with Crippen LogP contribution >= 0.6 is 0 Å². The molecule has 0 spiro atoms. The van der Waals surface area contributed by atoms with E-state index in [9.17, 15) is 9.59 Å². The van der Waals surface area contributed by atoms with Crippen molar-refractivity contribution in [2.75, 3.05) is 0 Å². The van der Waals surface area contributed by atoms with Gasteiger partial charge in [0, 0.05) is 12.3 Å². The van der Waals surface area contributed by atoms with Gasteiger partial charge in [-0.25, -0.2) is 4.79 Å². The standard InChI is InChI=1S/C11H15NO3/c1-8(2)7-9(11(14)15)12-6-4-3-5-10(12)13/h3-6,8-9H,7H2,1-2H3,(H,14,15)/t9-/m0/s1. The van der Waals surface area contributed by atoms with Crippen LogP contribution in [0.15, 0.2) is 29.2 Å². The van der Waals surface area contributed by atoms with Gasteiger partial charge in [-0.05, 0) is 18.4 Å². The first-order chi connectivity index (χ1) is 7.02. The summed E-state index contributed by atoms with van der Waals surface area (Å²) in [5, 5.41) is 9.04. The summed E-state index contributed by atoms with van der Waals surface area (Å²) in [6, 6.07) is 3.87. The Morgan fingerprint density at radius 3 is 2.60 bits per heavy atom. The largest absolute Gasteiger partial charge is 0.480 e. The Bertz CT molecular complexity index is 395. The number of carbonyl (C=O) groups is 1. The first-order valence-electron chi connectivity index (χ1n) is 4.92. The average molecular weight is 209 g/mol. The summed E-state index contributed by atoms with van der Waals surface area (Å²) < 4.78 is 1.27. The van der Waals surface area contributed by atoms with Crippen LogP contribution < -0.4 is 5.56 Å². The second-order valence-corrected chi connectivity index (χ2v) is 3.93. The van der Waals surface area contributed by atoms with Gasteiger partial charge in [-0.2, -0.15) is 0 Å². The Morgan fingerprint density at radius 2 is 2.13 bits per heavy atom. The fourth-order valence-electron chi connectivity index (χ4n) is 1.48. The molecule has 0 aromatic carbocycles. The van der Waals surface area contributed by atoms with Crippen molar-refractivity contribution >= 4 is 5.97 Å². The van der Waals surface area contributed by atoms with Crippen molar-refractivity contribution in [2.45, 2.75) is 26.3 Å². The summed E-state index contributed by atoms with van der Waals surface area (Å²) in [5.74, 6) is -0.727. The highest BCUT2D eigenvalue weighted by Crippen LogP contribution is 2.15. The number of carboxylic acids is 1. The van der Waals surface area contributed by atoms with E-state index in [-0.39, 0.29) is 11.5 Å². The number of nitrogens with zero attached hydrogens (tertiary/aromatic N) is 1. The zero-order valence-corrected chi connectivity index (χ0v) is 8.88. The molecule has 1 aromatic heterocycles. The van der Waals surface area contributed by atoms with Crippen molar-refractivity contribution < 1.29 is 9.90 Å². The second-order valence-electron chi connectivity index (χ2n) is 3.93. The molecule has 1 aromatic rings. The van der Waals surface area contributed by atoms with Crippen molar-refractivity contribution in [3.63, 3.8) is 0 Å². The predicted molar refractivity (Wildman–Crippen MR) is 56.8 cm³/mol. The topological polar surface area (TPSA) is 59.3 Å². The molecule has 1 rings (SSSR count). The van der Waals surface area contributed by atoms with E-state index in [4.69, 9.17) is 5.11 Å². The maximum atomic E-state index is 11.4. The van der Waals surface area contributed by atoms with Gasteiger partial charge in [0.15, 0.2) is 0 Å². The summed E-state index contributed by atoms with van der Waals surface area (Å²) in [6.07, 6.45) is 1.97. The number of hydrogen-bond donors (Lipinski definition) is 1. The van der Waals surface area contributed by atoms with Crippen molar-refractivity contribution in [3.05, 3.63) is 34.7 Å². The SMILES string of the molecule is CC(C)C[C@@H](C(=O)O)n1ccccc1=O. The van der Waals surface area contributed by atoms with Gasteiger partial charge in [0.25, 0.3) is 5.56 Å². The van der Waals surface area contributed by atoms with E-state index in [0.29, 0.717) is 6.42 Å². The molecule has 0 saturated heterocycles. The Kier molecular flexibility index (Phi) is 3.66. The molecule has 0 amide bonds. The fraction of sp³-hybridized carbons (Fsp3) is 0.455. The van der Waals surface area contributed by atoms with Crippen LogP contribution in [0.2, 0.25) is 0 Å². The van der Waals surface area contributed by atoms with E-state index in [1.807, 2.05) is 13.8 Å². The minimum absolute atomic E-state index is 0.234. The average Bonchev–Trinajstić information content (AvgIpc) is 2.15. The third-order valence-electron chi connectivity index (χ3n) is 2.17. The normalized spacial score (nSPS) is 12.7. The lowest BCUT2D eigenvalue weighted by atomic mass is 10.0. The number of aliphatic carboxylic acids is 1. The highest BCUT2D eigenvalue weighted by molar-refractivity contribution is 5.71. The quantitative estimate of drug-likeness (QED) is 0.817. The van der Waals surface area contributed by atoms with E-state index in [1.54, 1.807) is 12.1 Å². The van der Waals surface area contributed by atoms with Crippen LogP contribution in [0.5, 0.6) is 0 Å². The third kappa shape index (κ3) is 2.94. The van der Waals surface area contributed by atoms with E-state index >= 15 is 0 Å². The summed E-state index contributed by atoms with van der Waals surface area (Å²) in [5.41, 5.74) is -0.273. The molecular weight excluding hydrogens is 194 g/mol. The minimum atomic E-state index is -0.961. The molecule has 1 atom stereocenters. The van der Waals surface area contributed by atoms with Crippen LogP contribution in [0, 0.1) is 5.92 Å². The Labute approximate surface area is 88.2 Å². The lowest BCUT2D eigenvalue weighted by Crippen LogP contribution is -2.29. The van der Waals surface area contributed by atoms with E-state index in [2.05, 4.69) is 0 Å². The predicted octanol–water partition coefficient (Wildman–Crippen LogP) is 1.52. The number of hydrogen-bond acceptors (Lipinski definition) is 2. The first kappa shape index (κ1) is 11.5. The van der Waals surface area contributed by atoms with Crippen LogP contribution in [-0.2, 0) is 4.79 Å². The Morgan fingerprint density at radius 1 is 1.47 bits per heavy atom. The van der Waals surface area contributed by atoms with Crippen LogP contribution in [-0.4, -0.2) is 15.6 Å². The summed E-state index contributed by atoms with van der Waals surface area (Å²) in [7, 11) is 0. The summed E-state index contributed by atoms with van der Waals surface area (Å²) in [6.45, 7) is 3.87. The molecule has 0 aliphatic rings. The van der Waals surface area contributed by atoms with Crippen LogP contribution in [0.3, 0.4) is 0 Å². The molecule has 0 unspecified atom stereocenters. The van der Waals surface area contributed by atoms with Crippen LogP contribution in [0.1, 0.15) is 26.3 Å². The van der Waals surface area contributed by atoms with Gasteiger partial charge in [0.2, 0.25) is 0 Å². The molecule has 4 nitrogen and oxygen atoms in total. The first-order valence-corrected chi connectivity index (χ1v) is 4.92. The van der Waals surface area contributed by atoms with Gasteiger partial charge in [-0.3, -0.25) is 4.79 Å². The molecular formula is C11H15NO3. The molecule has 0 fully saturated rings. The van der Waals surface area contributed by atoms with Crippen molar-refractivity contribution in [1.29, 1.82) is 0 Å². The van der Waals surface area contributed by atoms with Crippen LogP contribution in [0.4, 0.5) is 0 Å². The van der Waals surface area contributed by atoms with Crippen molar-refractivity contribution in [2.24, 2.45) is 5.92 Å². The molecule has 1 N–H and O–H groups in total. The van der Waals surface area contributed by atoms with Crippen LogP contribution in [0.25, 0.3) is 0 Å². The smallest absolute Gasteiger partial charge is 0.326 e. The lowest BCUT2D eigenvalue weighted by molar-refractivity contribution is -0.141. The van der Waals surface area contributed by atoms with E-state index < -0.39 is 12.0 Å². The molecule has 0 aliphatic carbocycles. The number of aromatic nitrogens is 1. The molecule has 0 bridgehead atoms. The fourth-order valence-corrected chi connectivity index (χ4v) is 1.48.